The second-order valence-electron chi connectivity index (χ2n) is 6.44. The number of rotatable bonds is 6. The molecule has 1 aliphatic heterocycles. The third-order valence-corrected chi connectivity index (χ3v) is 5.34. The summed E-state index contributed by atoms with van der Waals surface area (Å²) in [5.41, 5.74) is 1.77. The van der Waals surface area contributed by atoms with Crippen LogP contribution in [0, 0.1) is 11.3 Å². The Balaban J connectivity index is 1.46. The smallest absolute Gasteiger partial charge is 0.234 e. The number of carbonyl (C=O) groups excluding carboxylic acids is 1. The van der Waals surface area contributed by atoms with Crippen LogP contribution in [-0.2, 0) is 4.79 Å². The fourth-order valence-corrected chi connectivity index (χ4v) is 3.79. The summed E-state index contributed by atoms with van der Waals surface area (Å²) in [6.07, 6.45) is 0. The zero-order valence-electron chi connectivity index (χ0n) is 16.3. The van der Waals surface area contributed by atoms with Crippen LogP contribution in [0.3, 0.4) is 0 Å². The summed E-state index contributed by atoms with van der Waals surface area (Å²) in [7, 11) is 0. The van der Waals surface area contributed by atoms with E-state index in [0.29, 0.717) is 47.6 Å². The van der Waals surface area contributed by atoms with E-state index in [2.05, 4.69) is 16.4 Å². The van der Waals surface area contributed by atoms with Gasteiger partial charge in [0.05, 0.1) is 23.4 Å². The molecule has 7 nitrogen and oxygen atoms in total. The maximum Gasteiger partial charge on any atom is 0.234 e. The fraction of sp³-hybridized carbons (Fsp3) is 0.227. The van der Waals surface area contributed by atoms with Gasteiger partial charge >= 0.3 is 0 Å². The van der Waals surface area contributed by atoms with E-state index < -0.39 is 0 Å². The molecule has 0 radical (unpaired) electrons. The molecule has 2 aromatic carbocycles. The second-order valence-corrected chi connectivity index (χ2v) is 7.40. The van der Waals surface area contributed by atoms with Crippen LogP contribution < -0.4 is 19.5 Å². The second kappa shape index (κ2) is 8.93. The highest BCUT2D eigenvalue weighted by Crippen LogP contribution is 2.33. The van der Waals surface area contributed by atoms with E-state index in [9.17, 15) is 10.1 Å². The van der Waals surface area contributed by atoms with E-state index in [-0.39, 0.29) is 11.7 Å². The summed E-state index contributed by atoms with van der Waals surface area (Å²) >= 11 is 1.22. The number of carbonyl (C=O) groups is 1. The van der Waals surface area contributed by atoms with Gasteiger partial charge in [-0.2, -0.15) is 5.26 Å². The van der Waals surface area contributed by atoms with Crippen molar-refractivity contribution >= 4 is 34.3 Å². The summed E-state index contributed by atoms with van der Waals surface area (Å²) < 4.78 is 16.5. The number of fused-ring (bicyclic) bond motifs is 2. The number of thioether (sulfide) groups is 1. The van der Waals surface area contributed by atoms with Crippen LogP contribution in [-0.4, -0.2) is 36.5 Å². The molecule has 152 valence electrons. The molecule has 0 saturated carbocycles. The first-order valence-electron chi connectivity index (χ1n) is 9.46. The highest BCUT2D eigenvalue weighted by molar-refractivity contribution is 8.00. The lowest BCUT2D eigenvalue weighted by molar-refractivity contribution is -0.113. The van der Waals surface area contributed by atoms with Gasteiger partial charge in [-0.25, -0.2) is 4.98 Å². The maximum atomic E-state index is 12.4. The standard InChI is InChI=1S/C22H19N3O4S/c1-2-27-17-5-3-14-9-15(12-23)22(25-18(14)11-17)30-13-21(26)24-16-4-6-19-20(10-16)29-8-7-28-19/h3-6,9-11H,2,7-8,13H2,1H3,(H,24,26). The average Bonchev–Trinajstić information content (AvgIpc) is 2.77. The quantitative estimate of drug-likeness (QED) is 0.601. The van der Waals surface area contributed by atoms with Crippen molar-refractivity contribution in [2.24, 2.45) is 0 Å². The Morgan fingerprint density at radius 1 is 1.20 bits per heavy atom. The maximum absolute atomic E-state index is 12.4. The first-order chi connectivity index (χ1) is 14.7. The Bertz CT molecular complexity index is 1140. The zero-order chi connectivity index (χ0) is 20.9. The predicted octanol–water partition coefficient (Wildman–Crippen LogP) is 4.01. The molecule has 0 atom stereocenters. The number of ether oxygens (including phenoxy) is 3. The first-order valence-corrected chi connectivity index (χ1v) is 10.4. The molecule has 2 heterocycles. The van der Waals surface area contributed by atoms with Crippen molar-refractivity contribution in [3.63, 3.8) is 0 Å². The molecule has 4 rings (SSSR count). The molecular formula is C22H19N3O4S. The molecule has 3 aromatic rings. The number of nitriles is 1. The predicted molar refractivity (Wildman–Crippen MR) is 114 cm³/mol. The minimum atomic E-state index is -0.203. The number of benzene rings is 2. The van der Waals surface area contributed by atoms with Crippen LogP contribution in [0.5, 0.6) is 17.2 Å². The van der Waals surface area contributed by atoms with Crippen LogP contribution >= 0.6 is 11.8 Å². The van der Waals surface area contributed by atoms with Crippen LogP contribution in [0.25, 0.3) is 10.9 Å². The summed E-state index contributed by atoms with van der Waals surface area (Å²) in [5.74, 6) is 1.91. The number of anilines is 1. The van der Waals surface area contributed by atoms with E-state index in [1.54, 1.807) is 24.3 Å². The lowest BCUT2D eigenvalue weighted by atomic mass is 10.1. The normalized spacial score (nSPS) is 12.3. The lowest BCUT2D eigenvalue weighted by Gasteiger charge is -2.19. The number of nitrogens with one attached hydrogen (secondary N) is 1. The average molecular weight is 421 g/mol. The molecule has 1 aliphatic rings. The summed E-state index contributed by atoms with van der Waals surface area (Å²) in [4.78, 5) is 17.0. The third kappa shape index (κ3) is 4.42. The molecule has 1 amide bonds. The van der Waals surface area contributed by atoms with Crippen LogP contribution in [0.1, 0.15) is 12.5 Å². The van der Waals surface area contributed by atoms with Gasteiger partial charge in [-0.05, 0) is 37.3 Å². The van der Waals surface area contributed by atoms with Gasteiger partial charge in [0.15, 0.2) is 11.5 Å². The summed E-state index contributed by atoms with van der Waals surface area (Å²) in [6, 6.07) is 14.8. The Morgan fingerprint density at radius 2 is 2.03 bits per heavy atom. The SMILES string of the molecule is CCOc1ccc2cc(C#N)c(SCC(=O)Nc3ccc4c(c3)OCCO4)nc2c1. The fourth-order valence-electron chi connectivity index (χ4n) is 3.03. The molecule has 0 saturated heterocycles. The number of pyridine rings is 1. The van der Waals surface area contributed by atoms with Crippen LogP contribution in [0.4, 0.5) is 5.69 Å². The van der Waals surface area contributed by atoms with Gasteiger partial charge in [0.1, 0.15) is 30.1 Å². The molecule has 30 heavy (non-hydrogen) atoms. The molecular weight excluding hydrogens is 402 g/mol. The Morgan fingerprint density at radius 3 is 2.83 bits per heavy atom. The van der Waals surface area contributed by atoms with E-state index in [4.69, 9.17) is 14.2 Å². The highest BCUT2D eigenvalue weighted by Gasteiger charge is 2.14. The molecule has 0 fully saturated rings. The van der Waals surface area contributed by atoms with Gasteiger partial charge in [-0.15, -0.1) is 0 Å². The van der Waals surface area contributed by atoms with Gasteiger partial charge in [0.2, 0.25) is 5.91 Å². The number of hydrogen-bond acceptors (Lipinski definition) is 7. The van der Waals surface area contributed by atoms with E-state index >= 15 is 0 Å². The van der Waals surface area contributed by atoms with Crippen molar-refractivity contribution in [1.82, 2.24) is 4.98 Å². The molecule has 0 bridgehead atoms. The zero-order valence-corrected chi connectivity index (χ0v) is 17.1. The van der Waals surface area contributed by atoms with Gasteiger partial charge < -0.3 is 19.5 Å². The number of nitrogens with zero attached hydrogens (tertiary/aromatic N) is 2. The molecule has 1 N–H and O–H groups in total. The molecule has 0 spiro atoms. The van der Waals surface area contributed by atoms with E-state index in [1.807, 2.05) is 25.1 Å². The molecule has 1 aromatic heterocycles. The van der Waals surface area contributed by atoms with Crippen LogP contribution in [0.2, 0.25) is 0 Å². The Kier molecular flexibility index (Phi) is 5.91. The minimum absolute atomic E-state index is 0.118. The van der Waals surface area contributed by atoms with Crippen molar-refractivity contribution in [2.45, 2.75) is 11.9 Å². The highest BCUT2D eigenvalue weighted by atomic mass is 32.2. The van der Waals surface area contributed by atoms with E-state index in [0.717, 1.165) is 16.7 Å². The van der Waals surface area contributed by atoms with Crippen molar-refractivity contribution in [3.05, 3.63) is 48.0 Å². The monoisotopic (exact) mass is 421 g/mol. The third-order valence-electron chi connectivity index (χ3n) is 4.35. The number of aromatic nitrogens is 1. The minimum Gasteiger partial charge on any atom is -0.494 e. The largest absolute Gasteiger partial charge is 0.494 e. The first kappa shape index (κ1) is 19.9. The lowest BCUT2D eigenvalue weighted by Crippen LogP contribution is -2.17. The Labute approximate surface area is 178 Å². The molecule has 0 unspecified atom stereocenters. The number of hydrogen-bond donors (Lipinski definition) is 1. The molecule has 8 heteroatoms. The number of amides is 1. The van der Waals surface area contributed by atoms with E-state index in [1.165, 1.54) is 11.8 Å². The Hall–Kier alpha value is -3.44. The van der Waals surface area contributed by atoms with Crippen molar-refractivity contribution in [2.75, 3.05) is 30.9 Å². The van der Waals surface area contributed by atoms with Crippen molar-refractivity contribution < 1.29 is 19.0 Å². The van der Waals surface area contributed by atoms with Gasteiger partial charge in [-0.1, -0.05) is 11.8 Å². The van der Waals surface area contributed by atoms with Crippen LogP contribution in [0.15, 0.2) is 47.5 Å². The van der Waals surface area contributed by atoms with Gasteiger partial charge in [0, 0.05) is 23.2 Å². The summed E-state index contributed by atoms with van der Waals surface area (Å²) in [5, 5.41) is 13.7. The van der Waals surface area contributed by atoms with Crippen molar-refractivity contribution in [3.8, 4) is 23.3 Å². The summed E-state index contributed by atoms with van der Waals surface area (Å²) in [6.45, 7) is 3.47. The molecule has 0 aliphatic carbocycles. The van der Waals surface area contributed by atoms with Crippen molar-refractivity contribution in [1.29, 1.82) is 5.26 Å². The van der Waals surface area contributed by atoms with Gasteiger partial charge in [0.25, 0.3) is 0 Å². The van der Waals surface area contributed by atoms with Gasteiger partial charge in [-0.3, -0.25) is 4.79 Å². The topological polar surface area (TPSA) is 93.5 Å².